The van der Waals surface area contributed by atoms with Crippen molar-refractivity contribution in [2.75, 3.05) is 21.3 Å². The van der Waals surface area contributed by atoms with Crippen molar-refractivity contribution < 1.29 is 23.7 Å². The Kier molecular flexibility index (Phi) is 6.86. The Balaban J connectivity index is 1.57. The fraction of sp³-hybridized carbons (Fsp3) is 0.182. The highest BCUT2D eigenvalue weighted by atomic mass is 32.1. The molecule has 7 heteroatoms. The lowest BCUT2D eigenvalue weighted by Gasteiger charge is -2.07. The number of esters is 1. The normalized spacial score (nSPS) is 10.7. The SMILES string of the molecule is COc1ccc(-c2nc(COC(=O)/C=C/c3ccc(OC)c(OC)c3)cs2)cc1. The molecule has 0 amide bonds. The molecule has 0 aliphatic heterocycles. The van der Waals surface area contributed by atoms with Gasteiger partial charge in [-0.3, -0.25) is 0 Å². The number of carbonyl (C=O) groups is 1. The predicted molar refractivity (Wildman–Crippen MR) is 112 cm³/mol. The Hall–Kier alpha value is -3.32. The van der Waals surface area contributed by atoms with Crippen molar-refractivity contribution in [2.24, 2.45) is 0 Å². The molecular weight excluding hydrogens is 390 g/mol. The molecule has 0 aliphatic rings. The van der Waals surface area contributed by atoms with E-state index < -0.39 is 5.97 Å². The van der Waals surface area contributed by atoms with E-state index >= 15 is 0 Å². The maximum atomic E-state index is 12.0. The topological polar surface area (TPSA) is 66.9 Å². The van der Waals surface area contributed by atoms with Crippen LogP contribution in [0.25, 0.3) is 16.6 Å². The van der Waals surface area contributed by atoms with E-state index in [1.54, 1.807) is 39.5 Å². The number of rotatable bonds is 8. The number of nitrogens with zero attached hydrogens (tertiary/aromatic N) is 1. The van der Waals surface area contributed by atoms with E-state index in [9.17, 15) is 4.79 Å². The standard InChI is InChI=1S/C22H21NO5S/c1-25-18-8-6-16(7-9-18)22-23-17(14-29-22)13-28-21(24)11-5-15-4-10-19(26-2)20(12-15)27-3/h4-12,14H,13H2,1-3H3/b11-5+. The third-order valence-corrected chi connectivity index (χ3v) is 5.01. The number of thiazole rings is 1. The highest BCUT2D eigenvalue weighted by Crippen LogP contribution is 2.28. The highest BCUT2D eigenvalue weighted by Gasteiger charge is 2.07. The van der Waals surface area contributed by atoms with Crippen LogP contribution in [0.2, 0.25) is 0 Å². The summed E-state index contributed by atoms with van der Waals surface area (Å²) in [6.45, 7) is 0.113. The van der Waals surface area contributed by atoms with Crippen molar-refractivity contribution in [2.45, 2.75) is 6.61 Å². The molecular formula is C22H21NO5S. The van der Waals surface area contributed by atoms with Gasteiger partial charge in [-0.1, -0.05) is 6.07 Å². The lowest BCUT2D eigenvalue weighted by molar-refractivity contribution is -0.139. The number of methoxy groups -OCH3 is 3. The van der Waals surface area contributed by atoms with Gasteiger partial charge >= 0.3 is 5.97 Å². The Morgan fingerprint density at radius 1 is 1.00 bits per heavy atom. The molecule has 0 aliphatic carbocycles. The molecule has 1 heterocycles. The van der Waals surface area contributed by atoms with Gasteiger partial charge in [0.1, 0.15) is 17.4 Å². The van der Waals surface area contributed by atoms with Crippen molar-refractivity contribution in [3.05, 3.63) is 65.2 Å². The molecule has 0 N–H and O–H groups in total. The highest BCUT2D eigenvalue weighted by molar-refractivity contribution is 7.13. The first-order valence-electron chi connectivity index (χ1n) is 8.78. The Labute approximate surface area is 173 Å². The smallest absolute Gasteiger partial charge is 0.331 e. The van der Waals surface area contributed by atoms with Crippen LogP contribution < -0.4 is 14.2 Å². The van der Waals surface area contributed by atoms with Gasteiger partial charge in [-0.2, -0.15) is 0 Å². The fourth-order valence-corrected chi connectivity index (χ4v) is 3.36. The maximum absolute atomic E-state index is 12.0. The summed E-state index contributed by atoms with van der Waals surface area (Å²) in [5.41, 5.74) is 2.49. The van der Waals surface area contributed by atoms with Crippen LogP contribution in [0.1, 0.15) is 11.3 Å². The van der Waals surface area contributed by atoms with E-state index in [2.05, 4.69) is 4.98 Å². The van der Waals surface area contributed by atoms with E-state index in [1.165, 1.54) is 17.4 Å². The van der Waals surface area contributed by atoms with Gasteiger partial charge in [0.05, 0.1) is 27.0 Å². The first-order chi connectivity index (χ1) is 14.1. The van der Waals surface area contributed by atoms with Gasteiger partial charge in [-0.15, -0.1) is 11.3 Å². The van der Waals surface area contributed by atoms with Crippen molar-refractivity contribution >= 4 is 23.4 Å². The molecule has 150 valence electrons. The Morgan fingerprint density at radius 3 is 2.45 bits per heavy atom. The third-order valence-electron chi connectivity index (χ3n) is 4.07. The monoisotopic (exact) mass is 411 g/mol. The van der Waals surface area contributed by atoms with Crippen molar-refractivity contribution in [3.63, 3.8) is 0 Å². The molecule has 29 heavy (non-hydrogen) atoms. The van der Waals surface area contributed by atoms with Crippen molar-refractivity contribution in [3.8, 4) is 27.8 Å². The molecule has 0 saturated carbocycles. The minimum atomic E-state index is -0.446. The molecule has 3 rings (SSSR count). The largest absolute Gasteiger partial charge is 0.497 e. The molecule has 6 nitrogen and oxygen atoms in total. The third kappa shape index (κ3) is 5.36. The minimum Gasteiger partial charge on any atom is -0.497 e. The van der Waals surface area contributed by atoms with E-state index in [1.807, 2.05) is 35.7 Å². The van der Waals surface area contributed by atoms with Crippen LogP contribution >= 0.6 is 11.3 Å². The number of carbonyl (C=O) groups excluding carboxylic acids is 1. The van der Waals surface area contributed by atoms with Crippen LogP contribution in [-0.2, 0) is 16.1 Å². The summed E-state index contributed by atoms with van der Waals surface area (Å²) in [6.07, 6.45) is 3.03. The van der Waals surface area contributed by atoms with E-state index in [4.69, 9.17) is 18.9 Å². The summed E-state index contributed by atoms with van der Waals surface area (Å²) in [7, 11) is 4.77. The van der Waals surface area contributed by atoms with Gasteiger partial charge in [0.2, 0.25) is 0 Å². The molecule has 3 aromatic rings. The summed E-state index contributed by atoms with van der Waals surface area (Å²) in [6, 6.07) is 13.0. The first-order valence-corrected chi connectivity index (χ1v) is 9.66. The zero-order chi connectivity index (χ0) is 20.6. The van der Waals surface area contributed by atoms with Crippen LogP contribution in [0.5, 0.6) is 17.2 Å². The maximum Gasteiger partial charge on any atom is 0.331 e. The van der Waals surface area contributed by atoms with Gasteiger partial charge in [-0.05, 0) is 48.0 Å². The number of benzene rings is 2. The predicted octanol–water partition coefficient (Wildman–Crippen LogP) is 4.59. The fourth-order valence-electron chi connectivity index (χ4n) is 2.55. The van der Waals surface area contributed by atoms with Gasteiger partial charge in [0.25, 0.3) is 0 Å². The average molecular weight is 411 g/mol. The summed E-state index contributed by atoms with van der Waals surface area (Å²) in [5, 5.41) is 2.74. The molecule has 0 saturated heterocycles. The summed E-state index contributed by atoms with van der Waals surface area (Å²) in [4.78, 5) is 16.5. The average Bonchev–Trinajstić information content (AvgIpc) is 3.25. The second-order valence-electron chi connectivity index (χ2n) is 5.93. The summed E-state index contributed by atoms with van der Waals surface area (Å²) < 4.78 is 20.9. The zero-order valence-electron chi connectivity index (χ0n) is 16.4. The molecule has 0 fully saturated rings. The lowest BCUT2D eigenvalue weighted by Crippen LogP contribution is -2.01. The van der Waals surface area contributed by atoms with E-state index in [-0.39, 0.29) is 6.61 Å². The summed E-state index contributed by atoms with van der Waals surface area (Å²) in [5.74, 6) is 1.57. The summed E-state index contributed by atoms with van der Waals surface area (Å²) >= 11 is 1.50. The number of aromatic nitrogens is 1. The number of ether oxygens (including phenoxy) is 4. The zero-order valence-corrected chi connectivity index (χ0v) is 17.2. The van der Waals surface area contributed by atoms with Crippen LogP contribution in [0, 0.1) is 0 Å². The van der Waals surface area contributed by atoms with Crippen molar-refractivity contribution in [1.82, 2.24) is 4.98 Å². The number of hydrogen-bond acceptors (Lipinski definition) is 7. The molecule has 1 aromatic heterocycles. The minimum absolute atomic E-state index is 0.113. The van der Waals surface area contributed by atoms with E-state index in [0.717, 1.165) is 21.9 Å². The first kappa shape index (κ1) is 20.4. The van der Waals surface area contributed by atoms with Crippen LogP contribution in [-0.4, -0.2) is 32.3 Å². The van der Waals surface area contributed by atoms with E-state index in [0.29, 0.717) is 17.2 Å². The molecule has 2 aromatic carbocycles. The number of hydrogen-bond donors (Lipinski definition) is 0. The molecule has 0 atom stereocenters. The van der Waals surface area contributed by atoms with Crippen molar-refractivity contribution in [1.29, 1.82) is 0 Å². The molecule has 0 bridgehead atoms. The molecule has 0 spiro atoms. The van der Waals surface area contributed by atoms with Gasteiger partial charge in [0, 0.05) is 17.0 Å². The lowest BCUT2D eigenvalue weighted by atomic mass is 10.2. The van der Waals surface area contributed by atoms with Crippen LogP contribution in [0.3, 0.4) is 0 Å². The van der Waals surface area contributed by atoms with Gasteiger partial charge in [-0.25, -0.2) is 9.78 Å². The van der Waals surface area contributed by atoms with Crippen LogP contribution in [0.4, 0.5) is 0 Å². The molecule has 0 unspecified atom stereocenters. The second-order valence-corrected chi connectivity index (χ2v) is 6.79. The van der Waals surface area contributed by atoms with Gasteiger partial charge < -0.3 is 18.9 Å². The van der Waals surface area contributed by atoms with Gasteiger partial charge in [0.15, 0.2) is 11.5 Å². The Morgan fingerprint density at radius 2 is 1.76 bits per heavy atom. The second kappa shape index (κ2) is 9.75. The molecule has 0 radical (unpaired) electrons. The van der Waals surface area contributed by atoms with Crippen LogP contribution in [0.15, 0.2) is 53.9 Å². The Bertz CT molecular complexity index is 995. The quantitative estimate of drug-likeness (QED) is 0.399.